The minimum Gasteiger partial charge on any atom is -0.483 e. The number of para-hydroxylation sites is 1. The molecule has 0 bridgehead atoms. The number of benzene rings is 3. The van der Waals surface area contributed by atoms with Crippen molar-refractivity contribution in [2.24, 2.45) is 0 Å². The van der Waals surface area contributed by atoms with Crippen LogP contribution in [0.3, 0.4) is 0 Å². The van der Waals surface area contributed by atoms with Gasteiger partial charge in [0, 0.05) is 17.2 Å². The second kappa shape index (κ2) is 8.45. The summed E-state index contributed by atoms with van der Waals surface area (Å²) < 4.78 is 32.5. The highest BCUT2D eigenvalue weighted by atomic mass is 19.1. The first kappa shape index (κ1) is 18.6. The second-order valence-electron chi connectivity index (χ2n) is 6.11. The Bertz CT molecular complexity index is 929. The van der Waals surface area contributed by atoms with Crippen LogP contribution in [-0.2, 0) is 4.79 Å². The predicted octanol–water partition coefficient (Wildman–Crippen LogP) is 4.89. The van der Waals surface area contributed by atoms with E-state index in [1.54, 1.807) is 13.0 Å². The fraction of sp³-hybridized carbons (Fsp3) is 0.136. The van der Waals surface area contributed by atoms with Crippen LogP contribution in [0.4, 0.5) is 8.78 Å². The molecule has 3 aromatic carbocycles. The van der Waals surface area contributed by atoms with Gasteiger partial charge in [-0.3, -0.25) is 4.79 Å². The van der Waals surface area contributed by atoms with Crippen molar-refractivity contribution in [2.75, 3.05) is 6.61 Å². The third kappa shape index (κ3) is 4.70. The molecule has 27 heavy (non-hydrogen) atoms. The number of carbonyl (C=O) groups excluding carboxylic acids is 1. The van der Waals surface area contributed by atoms with Gasteiger partial charge < -0.3 is 10.1 Å². The fourth-order valence-corrected chi connectivity index (χ4v) is 2.81. The van der Waals surface area contributed by atoms with Gasteiger partial charge in [-0.15, -0.1) is 0 Å². The van der Waals surface area contributed by atoms with Crippen LogP contribution in [-0.4, -0.2) is 12.5 Å². The van der Waals surface area contributed by atoms with Crippen LogP contribution in [0.2, 0.25) is 0 Å². The third-order valence-corrected chi connectivity index (χ3v) is 4.14. The second-order valence-corrected chi connectivity index (χ2v) is 6.11. The molecule has 0 radical (unpaired) electrons. The van der Waals surface area contributed by atoms with Crippen LogP contribution in [0, 0.1) is 11.6 Å². The van der Waals surface area contributed by atoms with Crippen molar-refractivity contribution in [3.8, 4) is 16.9 Å². The zero-order valence-electron chi connectivity index (χ0n) is 14.8. The van der Waals surface area contributed by atoms with Gasteiger partial charge in [0.2, 0.25) is 0 Å². The zero-order chi connectivity index (χ0) is 19.2. The lowest BCUT2D eigenvalue weighted by Gasteiger charge is -2.16. The maximum atomic E-state index is 13.8. The van der Waals surface area contributed by atoms with Gasteiger partial charge in [0.15, 0.2) is 6.61 Å². The van der Waals surface area contributed by atoms with Crippen molar-refractivity contribution in [3.05, 3.63) is 90.0 Å². The Morgan fingerprint density at radius 3 is 2.44 bits per heavy atom. The SMILES string of the molecule is C[C@H](NC(=O)COc1ccccc1-c1ccccc1)c1ccc(F)cc1F. The maximum absolute atomic E-state index is 13.8. The lowest BCUT2D eigenvalue weighted by Crippen LogP contribution is -2.31. The molecule has 1 amide bonds. The summed E-state index contributed by atoms with van der Waals surface area (Å²) in [6.07, 6.45) is 0. The molecular weight excluding hydrogens is 348 g/mol. The van der Waals surface area contributed by atoms with Crippen molar-refractivity contribution in [1.82, 2.24) is 5.32 Å². The average molecular weight is 367 g/mol. The Labute approximate surface area is 156 Å². The first-order chi connectivity index (χ1) is 13.0. The highest BCUT2D eigenvalue weighted by Gasteiger charge is 2.15. The molecule has 0 aliphatic heterocycles. The van der Waals surface area contributed by atoms with Crippen molar-refractivity contribution < 1.29 is 18.3 Å². The van der Waals surface area contributed by atoms with Gasteiger partial charge in [0.25, 0.3) is 5.91 Å². The minimum atomic E-state index is -0.696. The number of carbonyl (C=O) groups is 1. The molecule has 0 aliphatic rings. The van der Waals surface area contributed by atoms with Crippen LogP contribution in [0.1, 0.15) is 18.5 Å². The molecule has 0 saturated heterocycles. The summed E-state index contributed by atoms with van der Waals surface area (Å²) in [6, 6.07) is 19.8. The lowest BCUT2D eigenvalue weighted by atomic mass is 10.1. The molecule has 3 nitrogen and oxygen atoms in total. The van der Waals surface area contributed by atoms with E-state index >= 15 is 0 Å². The van der Waals surface area contributed by atoms with E-state index in [1.807, 2.05) is 48.5 Å². The topological polar surface area (TPSA) is 38.3 Å². The Kier molecular flexibility index (Phi) is 5.81. The van der Waals surface area contributed by atoms with Gasteiger partial charge in [0.1, 0.15) is 17.4 Å². The molecule has 0 unspecified atom stereocenters. The van der Waals surface area contributed by atoms with Crippen LogP contribution >= 0.6 is 0 Å². The van der Waals surface area contributed by atoms with Gasteiger partial charge >= 0.3 is 0 Å². The van der Waals surface area contributed by atoms with E-state index in [4.69, 9.17) is 4.74 Å². The Morgan fingerprint density at radius 1 is 1.00 bits per heavy atom. The summed E-state index contributed by atoms with van der Waals surface area (Å²) in [4.78, 5) is 12.2. The smallest absolute Gasteiger partial charge is 0.258 e. The number of hydrogen-bond acceptors (Lipinski definition) is 2. The van der Waals surface area contributed by atoms with Gasteiger partial charge in [0.05, 0.1) is 6.04 Å². The number of amides is 1. The van der Waals surface area contributed by atoms with Crippen molar-refractivity contribution in [3.63, 3.8) is 0 Å². The molecule has 1 N–H and O–H groups in total. The predicted molar refractivity (Wildman–Crippen MR) is 100 cm³/mol. The van der Waals surface area contributed by atoms with E-state index in [1.165, 1.54) is 6.07 Å². The molecule has 5 heteroatoms. The molecule has 3 aromatic rings. The standard InChI is InChI=1S/C22H19F2NO2/c1-15(18-12-11-17(23)13-20(18)24)25-22(26)14-27-21-10-6-5-9-19(21)16-7-3-2-4-8-16/h2-13,15H,14H2,1H3,(H,25,26)/t15-/m0/s1. The lowest BCUT2D eigenvalue weighted by molar-refractivity contribution is -0.123. The van der Waals surface area contributed by atoms with Gasteiger partial charge in [-0.05, 0) is 24.6 Å². The first-order valence-corrected chi connectivity index (χ1v) is 8.56. The van der Waals surface area contributed by atoms with E-state index in [0.717, 1.165) is 23.3 Å². The third-order valence-electron chi connectivity index (χ3n) is 4.14. The van der Waals surface area contributed by atoms with Crippen LogP contribution in [0.25, 0.3) is 11.1 Å². The molecule has 1 atom stereocenters. The molecule has 0 fully saturated rings. The van der Waals surface area contributed by atoms with E-state index in [0.29, 0.717) is 5.75 Å². The average Bonchev–Trinajstić information content (AvgIpc) is 2.67. The summed E-state index contributed by atoms with van der Waals surface area (Å²) in [5.74, 6) is -1.16. The van der Waals surface area contributed by atoms with Gasteiger partial charge in [-0.25, -0.2) is 8.78 Å². The molecular formula is C22H19F2NO2. The van der Waals surface area contributed by atoms with E-state index in [9.17, 15) is 13.6 Å². The van der Waals surface area contributed by atoms with Gasteiger partial charge in [-0.2, -0.15) is 0 Å². The van der Waals surface area contributed by atoms with E-state index < -0.39 is 23.6 Å². The monoisotopic (exact) mass is 367 g/mol. The highest BCUT2D eigenvalue weighted by Crippen LogP contribution is 2.29. The van der Waals surface area contributed by atoms with E-state index in [2.05, 4.69) is 5.32 Å². The molecule has 0 aliphatic carbocycles. The summed E-state index contributed by atoms with van der Waals surface area (Å²) in [7, 11) is 0. The molecule has 0 aromatic heterocycles. The maximum Gasteiger partial charge on any atom is 0.258 e. The summed E-state index contributed by atoms with van der Waals surface area (Å²) in [5, 5.41) is 2.66. The number of nitrogens with one attached hydrogen (secondary N) is 1. The quantitative estimate of drug-likeness (QED) is 0.674. The summed E-state index contributed by atoms with van der Waals surface area (Å²) in [5.41, 5.74) is 2.08. The Hall–Kier alpha value is -3.21. The Morgan fingerprint density at radius 2 is 1.70 bits per heavy atom. The van der Waals surface area contributed by atoms with Crippen LogP contribution < -0.4 is 10.1 Å². The zero-order valence-corrected chi connectivity index (χ0v) is 14.8. The number of hydrogen-bond donors (Lipinski definition) is 1. The van der Waals surface area contributed by atoms with Crippen molar-refractivity contribution in [2.45, 2.75) is 13.0 Å². The first-order valence-electron chi connectivity index (χ1n) is 8.56. The fourth-order valence-electron chi connectivity index (χ4n) is 2.81. The molecule has 0 heterocycles. The Balaban J connectivity index is 1.65. The normalized spacial score (nSPS) is 11.7. The van der Waals surface area contributed by atoms with Crippen LogP contribution in [0.15, 0.2) is 72.8 Å². The van der Waals surface area contributed by atoms with Crippen molar-refractivity contribution in [1.29, 1.82) is 0 Å². The number of halogens is 2. The largest absolute Gasteiger partial charge is 0.483 e. The molecule has 138 valence electrons. The number of ether oxygens (including phenoxy) is 1. The van der Waals surface area contributed by atoms with Crippen LogP contribution in [0.5, 0.6) is 5.75 Å². The summed E-state index contributed by atoms with van der Waals surface area (Å²) >= 11 is 0. The van der Waals surface area contributed by atoms with Gasteiger partial charge in [-0.1, -0.05) is 54.6 Å². The number of rotatable bonds is 6. The van der Waals surface area contributed by atoms with Crippen molar-refractivity contribution >= 4 is 5.91 Å². The highest BCUT2D eigenvalue weighted by molar-refractivity contribution is 5.78. The molecule has 0 spiro atoms. The van der Waals surface area contributed by atoms with E-state index in [-0.39, 0.29) is 12.2 Å². The molecule has 3 rings (SSSR count). The molecule has 0 saturated carbocycles. The summed E-state index contributed by atoms with van der Waals surface area (Å²) in [6.45, 7) is 1.42. The minimum absolute atomic E-state index is 0.211.